The van der Waals surface area contributed by atoms with Crippen LogP contribution in [0.5, 0.6) is 0 Å². The van der Waals surface area contributed by atoms with E-state index in [1.54, 1.807) is 22.1 Å². The van der Waals surface area contributed by atoms with Gasteiger partial charge in [-0.1, -0.05) is 36.9 Å². The number of Topliss-reactive ketones (excluding diaryl/α,β-unsaturated/α-hetero) is 1. The average molecular weight is 424 g/mol. The molecular weight excluding hydrogens is 402 g/mol. The molecule has 0 atom stereocenters. The number of aromatic amines is 1. The molecule has 0 radical (unpaired) electrons. The third-order valence-corrected chi connectivity index (χ3v) is 7.62. The Morgan fingerprint density at radius 1 is 1.31 bits per heavy atom. The maximum absolute atomic E-state index is 13.2. The molecule has 1 aromatic carbocycles. The Labute approximate surface area is 176 Å². The van der Waals surface area contributed by atoms with Crippen LogP contribution in [0.2, 0.25) is 0 Å². The molecule has 148 valence electrons. The Kier molecular flexibility index (Phi) is 4.80. The van der Waals surface area contributed by atoms with Gasteiger partial charge in [-0.05, 0) is 37.3 Å². The van der Waals surface area contributed by atoms with Gasteiger partial charge in [0.2, 0.25) is 0 Å². The molecule has 0 fully saturated rings. The van der Waals surface area contributed by atoms with Gasteiger partial charge in [-0.15, -0.1) is 11.3 Å². The second-order valence-corrected chi connectivity index (χ2v) is 9.37. The molecule has 7 heteroatoms. The van der Waals surface area contributed by atoms with Crippen LogP contribution in [0.25, 0.3) is 21.1 Å². The van der Waals surface area contributed by atoms with Crippen LogP contribution in [0.3, 0.4) is 0 Å². The first-order chi connectivity index (χ1) is 14.2. The summed E-state index contributed by atoms with van der Waals surface area (Å²) >= 11 is 3.01. The monoisotopic (exact) mass is 423 g/mol. The Balaban J connectivity index is 1.49. The highest BCUT2D eigenvalue weighted by atomic mass is 32.2. The van der Waals surface area contributed by atoms with Crippen molar-refractivity contribution in [2.45, 2.75) is 44.3 Å². The molecule has 29 heavy (non-hydrogen) atoms. The van der Waals surface area contributed by atoms with Crippen molar-refractivity contribution < 1.29 is 4.79 Å². The van der Waals surface area contributed by atoms with Crippen LogP contribution >= 0.6 is 23.1 Å². The fourth-order valence-electron chi connectivity index (χ4n) is 4.10. The quantitative estimate of drug-likeness (QED) is 0.274. The van der Waals surface area contributed by atoms with E-state index in [9.17, 15) is 9.59 Å². The Morgan fingerprint density at radius 3 is 3.03 bits per heavy atom. The van der Waals surface area contributed by atoms with Gasteiger partial charge >= 0.3 is 0 Å². The third-order valence-electron chi connectivity index (χ3n) is 5.46. The molecule has 1 N–H and O–H groups in total. The minimum Gasteiger partial charge on any atom is -0.360 e. The molecule has 0 spiro atoms. The largest absolute Gasteiger partial charge is 0.360 e. The zero-order valence-electron chi connectivity index (χ0n) is 16.2. The summed E-state index contributed by atoms with van der Waals surface area (Å²) in [5.41, 5.74) is 2.90. The van der Waals surface area contributed by atoms with Crippen molar-refractivity contribution in [3.05, 3.63) is 56.8 Å². The number of carbonyl (C=O) groups is 1. The number of fused-ring (bicyclic) bond motifs is 4. The topological polar surface area (TPSA) is 67.8 Å². The number of hydrogen-bond acceptors (Lipinski definition) is 5. The lowest BCUT2D eigenvalue weighted by molar-refractivity contribution is 0.102. The summed E-state index contributed by atoms with van der Waals surface area (Å²) in [4.78, 5) is 36.2. The van der Waals surface area contributed by atoms with Gasteiger partial charge in [0.25, 0.3) is 5.56 Å². The standard InChI is InChI=1S/C22H21N3O2S2/c1-2-10-25-21(27)19-14-7-5-9-18(14)29-20(19)24-22(25)28-12-17(26)15-11-23-16-8-4-3-6-13(15)16/h3-4,6,8,11,23H,2,5,7,9-10,12H2,1H3. The lowest BCUT2D eigenvalue weighted by Gasteiger charge is -2.11. The summed E-state index contributed by atoms with van der Waals surface area (Å²) < 4.78 is 1.76. The van der Waals surface area contributed by atoms with Crippen molar-refractivity contribution in [1.82, 2.24) is 14.5 Å². The highest BCUT2D eigenvalue weighted by molar-refractivity contribution is 7.99. The van der Waals surface area contributed by atoms with Gasteiger partial charge in [0, 0.05) is 34.1 Å². The number of H-pyrrole nitrogens is 1. The van der Waals surface area contributed by atoms with E-state index in [4.69, 9.17) is 4.98 Å². The smallest absolute Gasteiger partial charge is 0.263 e. The van der Waals surface area contributed by atoms with E-state index in [-0.39, 0.29) is 17.1 Å². The first-order valence-electron chi connectivity index (χ1n) is 9.94. The molecule has 3 aromatic heterocycles. The fraction of sp³-hybridized carbons (Fsp3) is 0.318. The zero-order chi connectivity index (χ0) is 20.0. The first kappa shape index (κ1) is 18.6. The number of nitrogens with zero attached hydrogens (tertiary/aromatic N) is 2. The summed E-state index contributed by atoms with van der Waals surface area (Å²) in [7, 11) is 0. The van der Waals surface area contributed by atoms with Gasteiger partial charge in [0.05, 0.1) is 11.1 Å². The van der Waals surface area contributed by atoms with Crippen LogP contribution in [0.1, 0.15) is 40.6 Å². The molecule has 1 aliphatic rings. The van der Waals surface area contributed by atoms with Crippen molar-refractivity contribution in [3.8, 4) is 0 Å². The number of thioether (sulfide) groups is 1. The zero-order valence-corrected chi connectivity index (χ0v) is 17.8. The van der Waals surface area contributed by atoms with Gasteiger partial charge in [-0.2, -0.15) is 0 Å². The number of hydrogen-bond donors (Lipinski definition) is 1. The van der Waals surface area contributed by atoms with Crippen LogP contribution in [0.4, 0.5) is 0 Å². The predicted octanol–water partition coefficient (Wildman–Crippen LogP) is 4.81. The van der Waals surface area contributed by atoms with Gasteiger partial charge in [-0.25, -0.2) is 4.98 Å². The Bertz CT molecular complexity index is 1300. The van der Waals surface area contributed by atoms with Crippen LogP contribution in [-0.4, -0.2) is 26.1 Å². The maximum Gasteiger partial charge on any atom is 0.263 e. The fourth-order valence-corrected chi connectivity index (χ4v) is 6.31. The summed E-state index contributed by atoms with van der Waals surface area (Å²) in [6.07, 6.45) is 5.77. The van der Waals surface area contributed by atoms with E-state index in [1.807, 2.05) is 24.3 Å². The molecule has 0 unspecified atom stereocenters. The highest BCUT2D eigenvalue weighted by Crippen LogP contribution is 2.35. The molecule has 3 heterocycles. The molecule has 1 aliphatic carbocycles. The number of aryl methyl sites for hydroxylation is 2. The van der Waals surface area contributed by atoms with E-state index < -0.39 is 0 Å². The first-order valence-corrected chi connectivity index (χ1v) is 11.7. The van der Waals surface area contributed by atoms with Crippen molar-refractivity contribution in [2.75, 3.05) is 5.75 Å². The van der Waals surface area contributed by atoms with Crippen LogP contribution < -0.4 is 5.56 Å². The van der Waals surface area contributed by atoms with E-state index in [2.05, 4.69) is 11.9 Å². The Morgan fingerprint density at radius 2 is 2.17 bits per heavy atom. The Hall–Kier alpha value is -2.38. The lowest BCUT2D eigenvalue weighted by atomic mass is 10.1. The van der Waals surface area contributed by atoms with Crippen molar-refractivity contribution >= 4 is 50.0 Å². The molecule has 4 aromatic rings. The van der Waals surface area contributed by atoms with Crippen LogP contribution in [0.15, 0.2) is 40.4 Å². The molecule has 0 saturated carbocycles. The predicted molar refractivity (Wildman–Crippen MR) is 120 cm³/mol. The van der Waals surface area contributed by atoms with Gasteiger partial charge in [-0.3, -0.25) is 14.2 Å². The summed E-state index contributed by atoms with van der Waals surface area (Å²) in [6, 6.07) is 7.80. The van der Waals surface area contributed by atoms with Crippen molar-refractivity contribution in [3.63, 3.8) is 0 Å². The van der Waals surface area contributed by atoms with E-state index >= 15 is 0 Å². The number of benzene rings is 1. The molecule has 0 saturated heterocycles. The molecular formula is C22H21N3O2S2. The normalized spacial score (nSPS) is 13.4. The minimum absolute atomic E-state index is 0.0403. The van der Waals surface area contributed by atoms with Gasteiger partial charge in [0.15, 0.2) is 10.9 Å². The number of rotatable bonds is 6. The number of para-hydroxylation sites is 1. The summed E-state index contributed by atoms with van der Waals surface area (Å²) in [5.74, 6) is 0.299. The average Bonchev–Trinajstić information content (AvgIpc) is 3.42. The second-order valence-electron chi connectivity index (χ2n) is 7.35. The number of aromatic nitrogens is 3. The SMILES string of the molecule is CCCn1c(SCC(=O)c2c[nH]c3ccccc23)nc2sc3c(c2c1=O)CCC3. The van der Waals surface area contributed by atoms with E-state index in [0.29, 0.717) is 17.3 Å². The van der Waals surface area contributed by atoms with E-state index in [1.165, 1.54) is 22.2 Å². The summed E-state index contributed by atoms with van der Waals surface area (Å²) in [6.45, 7) is 2.68. The highest BCUT2D eigenvalue weighted by Gasteiger charge is 2.23. The molecule has 0 aliphatic heterocycles. The second kappa shape index (κ2) is 7.46. The van der Waals surface area contributed by atoms with Crippen LogP contribution in [0, 0.1) is 0 Å². The third kappa shape index (κ3) is 3.13. The molecule has 0 amide bonds. The number of thiophene rings is 1. The molecule has 0 bridgehead atoms. The van der Waals surface area contributed by atoms with Gasteiger partial charge < -0.3 is 4.98 Å². The summed E-state index contributed by atoms with van der Waals surface area (Å²) in [5, 5.41) is 2.39. The van der Waals surface area contributed by atoms with Crippen molar-refractivity contribution in [1.29, 1.82) is 0 Å². The number of nitrogens with one attached hydrogen (secondary N) is 1. The molecule has 5 rings (SSSR count). The molecule has 5 nitrogen and oxygen atoms in total. The van der Waals surface area contributed by atoms with E-state index in [0.717, 1.165) is 46.8 Å². The van der Waals surface area contributed by atoms with Gasteiger partial charge in [0.1, 0.15) is 4.83 Å². The maximum atomic E-state index is 13.2. The van der Waals surface area contributed by atoms with Crippen LogP contribution in [-0.2, 0) is 19.4 Å². The number of carbonyl (C=O) groups excluding carboxylic acids is 1. The number of ketones is 1. The minimum atomic E-state index is 0.0403. The van der Waals surface area contributed by atoms with Crippen molar-refractivity contribution in [2.24, 2.45) is 0 Å². The lowest BCUT2D eigenvalue weighted by Crippen LogP contribution is -2.23.